The van der Waals surface area contributed by atoms with E-state index in [-0.39, 0.29) is 22.5 Å². The maximum absolute atomic E-state index is 12.5. The van der Waals surface area contributed by atoms with Gasteiger partial charge in [-0.15, -0.1) is 0 Å². The molecule has 0 saturated heterocycles. The summed E-state index contributed by atoms with van der Waals surface area (Å²) in [6.45, 7) is 3.44. The molecule has 0 spiro atoms. The smallest absolute Gasteiger partial charge is 0.374 e. The first-order valence-corrected chi connectivity index (χ1v) is 9.35. The van der Waals surface area contributed by atoms with Crippen molar-refractivity contribution in [3.05, 3.63) is 68.3 Å². The van der Waals surface area contributed by atoms with Gasteiger partial charge in [-0.25, -0.2) is 4.79 Å². The molecule has 1 saturated carbocycles. The summed E-state index contributed by atoms with van der Waals surface area (Å²) in [5.74, 6) is -1.40. The normalized spacial score (nSPS) is 13.7. The van der Waals surface area contributed by atoms with Gasteiger partial charge >= 0.3 is 5.97 Å². The molecule has 1 aromatic carbocycles. The third-order valence-corrected chi connectivity index (χ3v) is 5.16. The molecule has 1 aliphatic carbocycles. The predicted octanol–water partition coefficient (Wildman–Crippen LogP) is 4.24. The van der Waals surface area contributed by atoms with E-state index in [1.54, 1.807) is 6.07 Å². The summed E-state index contributed by atoms with van der Waals surface area (Å²) in [6, 6.07) is 7.87. The molecule has 2 aromatic heterocycles. The molecule has 144 valence electrons. The van der Waals surface area contributed by atoms with Crippen LogP contribution in [-0.4, -0.2) is 22.9 Å². The van der Waals surface area contributed by atoms with Gasteiger partial charge in [0.05, 0.1) is 5.39 Å². The van der Waals surface area contributed by atoms with Crippen LogP contribution in [0.2, 0.25) is 5.02 Å². The van der Waals surface area contributed by atoms with Gasteiger partial charge in [0.1, 0.15) is 5.58 Å². The second kappa shape index (κ2) is 6.95. The summed E-state index contributed by atoms with van der Waals surface area (Å²) >= 11 is 5.87. The summed E-state index contributed by atoms with van der Waals surface area (Å²) in [5.41, 5.74) is 2.27. The summed E-state index contributed by atoms with van der Waals surface area (Å²) in [5, 5.41) is 0.664. The highest BCUT2D eigenvalue weighted by atomic mass is 35.5. The third kappa shape index (κ3) is 3.36. The van der Waals surface area contributed by atoms with Crippen LogP contribution < -0.4 is 5.43 Å². The molecule has 4 rings (SSSR count). The fourth-order valence-electron chi connectivity index (χ4n) is 3.46. The van der Waals surface area contributed by atoms with Crippen LogP contribution in [0, 0.1) is 13.8 Å². The molecule has 28 heavy (non-hydrogen) atoms. The number of aromatic nitrogens is 1. The number of rotatable bonds is 5. The fraction of sp³-hybridized carbons (Fsp3) is 0.286. The molecule has 0 radical (unpaired) electrons. The van der Waals surface area contributed by atoms with Crippen LogP contribution in [0.1, 0.15) is 51.2 Å². The van der Waals surface area contributed by atoms with E-state index in [2.05, 4.69) is 4.57 Å². The molecule has 6 nitrogen and oxygen atoms in total. The Kier molecular flexibility index (Phi) is 4.59. The predicted molar refractivity (Wildman–Crippen MR) is 104 cm³/mol. The monoisotopic (exact) mass is 399 g/mol. The Labute approximate surface area is 165 Å². The highest BCUT2D eigenvalue weighted by Gasteiger charge is 2.28. The molecule has 7 heteroatoms. The highest BCUT2D eigenvalue weighted by Crippen LogP contribution is 2.38. The largest absolute Gasteiger partial charge is 0.451 e. The van der Waals surface area contributed by atoms with Crippen molar-refractivity contribution in [1.29, 1.82) is 0 Å². The van der Waals surface area contributed by atoms with Gasteiger partial charge in [0.25, 0.3) is 0 Å². The van der Waals surface area contributed by atoms with Gasteiger partial charge in [-0.1, -0.05) is 11.6 Å². The molecule has 0 amide bonds. The first-order chi connectivity index (χ1) is 13.3. The van der Waals surface area contributed by atoms with E-state index < -0.39 is 18.0 Å². The quantitative estimate of drug-likeness (QED) is 0.473. The van der Waals surface area contributed by atoms with Gasteiger partial charge in [-0.3, -0.25) is 9.59 Å². The fourth-order valence-corrected chi connectivity index (χ4v) is 3.64. The van der Waals surface area contributed by atoms with Crippen LogP contribution >= 0.6 is 11.6 Å². The zero-order valence-electron chi connectivity index (χ0n) is 15.5. The van der Waals surface area contributed by atoms with Crippen LogP contribution in [-0.2, 0) is 4.74 Å². The Morgan fingerprint density at radius 3 is 2.68 bits per heavy atom. The van der Waals surface area contributed by atoms with Gasteiger partial charge in [0.15, 0.2) is 12.0 Å². The third-order valence-electron chi connectivity index (χ3n) is 4.92. The number of esters is 1. The summed E-state index contributed by atoms with van der Waals surface area (Å²) in [6.07, 6.45) is 2.23. The SMILES string of the molecule is Cc1cc(C(=O)COC(=O)c2cc(=O)c3cc(Cl)ccc3o2)c(C)n1C1CC1. The van der Waals surface area contributed by atoms with Crippen molar-refractivity contribution in [1.82, 2.24) is 4.57 Å². The Morgan fingerprint density at radius 1 is 1.21 bits per heavy atom. The van der Waals surface area contributed by atoms with Gasteiger partial charge < -0.3 is 13.7 Å². The van der Waals surface area contributed by atoms with Crippen LogP contribution in [0.5, 0.6) is 0 Å². The lowest BCUT2D eigenvalue weighted by atomic mass is 10.1. The standard InChI is InChI=1S/C21H18ClNO5/c1-11-7-15(12(2)23(11)14-4-5-14)18(25)10-27-21(26)20-9-17(24)16-8-13(22)3-6-19(16)28-20/h3,6-9,14H,4-5,10H2,1-2H3. The van der Waals surface area contributed by atoms with Crippen LogP contribution in [0.15, 0.2) is 39.5 Å². The van der Waals surface area contributed by atoms with E-state index in [1.807, 2.05) is 19.9 Å². The van der Waals surface area contributed by atoms with Crippen LogP contribution in [0.4, 0.5) is 0 Å². The zero-order chi connectivity index (χ0) is 20.0. The van der Waals surface area contributed by atoms with Crippen molar-refractivity contribution < 1.29 is 18.7 Å². The number of benzene rings is 1. The van der Waals surface area contributed by atoms with Crippen molar-refractivity contribution in [2.75, 3.05) is 6.61 Å². The number of ketones is 1. The van der Waals surface area contributed by atoms with E-state index in [0.717, 1.165) is 30.3 Å². The number of Topliss-reactive ketones (excluding diaryl/α,β-unsaturated/α-hetero) is 1. The second-order valence-corrected chi connectivity index (χ2v) is 7.44. The number of carbonyl (C=O) groups is 2. The van der Waals surface area contributed by atoms with Crippen LogP contribution in [0.25, 0.3) is 11.0 Å². The summed E-state index contributed by atoms with van der Waals surface area (Å²) < 4.78 is 12.7. The molecule has 0 N–H and O–H groups in total. The second-order valence-electron chi connectivity index (χ2n) is 7.00. The molecule has 0 bridgehead atoms. The first-order valence-electron chi connectivity index (χ1n) is 8.97. The average molecular weight is 400 g/mol. The number of hydrogen-bond acceptors (Lipinski definition) is 5. The number of aryl methyl sites for hydroxylation is 1. The minimum absolute atomic E-state index is 0.225. The Bertz CT molecular complexity index is 1170. The van der Waals surface area contributed by atoms with E-state index in [1.165, 1.54) is 12.1 Å². The minimum atomic E-state index is -0.863. The molecule has 1 aliphatic rings. The van der Waals surface area contributed by atoms with Crippen molar-refractivity contribution in [2.24, 2.45) is 0 Å². The zero-order valence-corrected chi connectivity index (χ0v) is 16.2. The highest BCUT2D eigenvalue weighted by molar-refractivity contribution is 6.31. The maximum atomic E-state index is 12.5. The Balaban J connectivity index is 1.51. The molecule has 3 aromatic rings. The first kappa shape index (κ1) is 18.5. The van der Waals surface area contributed by atoms with Gasteiger partial charge in [-0.05, 0) is 51.0 Å². The maximum Gasteiger partial charge on any atom is 0.374 e. The average Bonchev–Trinajstić information content (AvgIpc) is 3.44. The van der Waals surface area contributed by atoms with Gasteiger partial charge in [-0.2, -0.15) is 0 Å². The Hall–Kier alpha value is -2.86. The molecule has 0 aliphatic heterocycles. The lowest BCUT2D eigenvalue weighted by molar-refractivity contribution is 0.0444. The van der Waals surface area contributed by atoms with E-state index >= 15 is 0 Å². The number of fused-ring (bicyclic) bond motifs is 1. The van der Waals surface area contributed by atoms with Crippen molar-refractivity contribution in [3.8, 4) is 0 Å². The summed E-state index contributed by atoms with van der Waals surface area (Å²) in [7, 11) is 0. The van der Waals surface area contributed by atoms with E-state index in [9.17, 15) is 14.4 Å². The summed E-state index contributed by atoms with van der Waals surface area (Å²) in [4.78, 5) is 37.0. The number of hydrogen-bond donors (Lipinski definition) is 0. The van der Waals surface area contributed by atoms with E-state index in [4.69, 9.17) is 20.8 Å². The van der Waals surface area contributed by atoms with Crippen LogP contribution in [0.3, 0.4) is 0 Å². The van der Waals surface area contributed by atoms with E-state index in [0.29, 0.717) is 16.6 Å². The lowest BCUT2D eigenvalue weighted by Gasteiger charge is -2.08. The van der Waals surface area contributed by atoms with Crippen molar-refractivity contribution >= 4 is 34.3 Å². The number of ether oxygens (including phenoxy) is 1. The van der Waals surface area contributed by atoms with Crippen molar-refractivity contribution in [2.45, 2.75) is 32.7 Å². The van der Waals surface area contributed by atoms with Gasteiger partial charge in [0, 0.05) is 34.1 Å². The molecular weight excluding hydrogens is 382 g/mol. The topological polar surface area (TPSA) is 78.5 Å². The van der Waals surface area contributed by atoms with Crippen molar-refractivity contribution in [3.63, 3.8) is 0 Å². The number of halogens is 1. The number of nitrogens with zero attached hydrogens (tertiary/aromatic N) is 1. The van der Waals surface area contributed by atoms with Gasteiger partial charge in [0.2, 0.25) is 11.5 Å². The lowest BCUT2D eigenvalue weighted by Crippen LogP contribution is -2.16. The molecule has 0 atom stereocenters. The molecule has 2 heterocycles. The molecule has 1 fully saturated rings. The molecular formula is C21H18ClNO5. The Morgan fingerprint density at radius 2 is 1.96 bits per heavy atom. The molecule has 0 unspecified atom stereocenters. The number of carbonyl (C=O) groups excluding carboxylic acids is 2. The minimum Gasteiger partial charge on any atom is -0.451 e.